The third kappa shape index (κ3) is 5.03. The van der Waals surface area contributed by atoms with Gasteiger partial charge in [0.15, 0.2) is 11.4 Å². The largest absolute Gasteiger partial charge is 0.382 e. The molecule has 0 spiro atoms. The molecule has 0 unspecified atom stereocenters. The van der Waals surface area contributed by atoms with Crippen LogP contribution in [0.1, 0.15) is 39.3 Å². The third-order valence-corrected chi connectivity index (χ3v) is 6.37. The smallest absolute Gasteiger partial charge is 0.272 e. The molecule has 1 aliphatic rings. The van der Waals surface area contributed by atoms with Crippen molar-refractivity contribution < 1.29 is 19.1 Å². The Kier molecular flexibility index (Phi) is 6.86. The molecule has 0 bridgehead atoms. The van der Waals surface area contributed by atoms with Crippen LogP contribution in [0.3, 0.4) is 0 Å². The van der Waals surface area contributed by atoms with Crippen molar-refractivity contribution >= 4 is 40.6 Å². The van der Waals surface area contributed by atoms with Gasteiger partial charge in [-0.15, -0.1) is 11.3 Å². The van der Waals surface area contributed by atoms with E-state index in [0.29, 0.717) is 29.2 Å². The fourth-order valence-electron chi connectivity index (χ4n) is 3.45. The molecule has 11 heteroatoms. The number of aldehydes is 1. The first-order valence-corrected chi connectivity index (χ1v) is 11.6. The van der Waals surface area contributed by atoms with Gasteiger partial charge in [0.2, 0.25) is 0 Å². The Bertz CT molecular complexity index is 1330. The van der Waals surface area contributed by atoms with Gasteiger partial charge in [0.05, 0.1) is 18.4 Å². The van der Waals surface area contributed by atoms with Gasteiger partial charge >= 0.3 is 0 Å². The lowest BCUT2D eigenvalue weighted by Crippen LogP contribution is -2.46. The highest BCUT2D eigenvalue weighted by atomic mass is 32.1. The Hall–Kier alpha value is -4.14. The Morgan fingerprint density at radius 2 is 2.17 bits per heavy atom. The van der Waals surface area contributed by atoms with Gasteiger partial charge in [-0.3, -0.25) is 19.1 Å². The lowest BCUT2D eigenvalue weighted by Gasteiger charge is -2.16. The summed E-state index contributed by atoms with van der Waals surface area (Å²) in [6, 6.07) is 8.02. The summed E-state index contributed by atoms with van der Waals surface area (Å²) in [4.78, 5) is 41.3. The van der Waals surface area contributed by atoms with E-state index in [4.69, 9.17) is 4.74 Å². The van der Waals surface area contributed by atoms with E-state index in [1.165, 1.54) is 29.2 Å². The quantitative estimate of drug-likeness (QED) is 0.417. The second-order valence-electron chi connectivity index (χ2n) is 7.96. The van der Waals surface area contributed by atoms with Gasteiger partial charge in [-0.25, -0.2) is 4.98 Å². The molecule has 2 aromatic heterocycles. The van der Waals surface area contributed by atoms with Crippen molar-refractivity contribution in [1.82, 2.24) is 20.1 Å². The second-order valence-corrected chi connectivity index (χ2v) is 8.82. The maximum absolute atomic E-state index is 12.9. The van der Waals surface area contributed by atoms with Crippen LogP contribution in [0.5, 0.6) is 0 Å². The Morgan fingerprint density at radius 3 is 2.83 bits per heavy atom. The average molecular weight is 491 g/mol. The molecule has 10 nitrogen and oxygen atoms in total. The number of aromatic nitrogens is 3. The van der Waals surface area contributed by atoms with Gasteiger partial charge in [-0.1, -0.05) is 24.8 Å². The maximum atomic E-state index is 12.9. The molecule has 0 saturated heterocycles. The summed E-state index contributed by atoms with van der Waals surface area (Å²) in [6.07, 6.45) is 5.31. The topological polar surface area (TPSA) is 139 Å². The first-order chi connectivity index (χ1) is 16.9. The number of nitrogens with one attached hydrogen (secondary N) is 2. The van der Waals surface area contributed by atoms with E-state index in [1.807, 2.05) is 6.07 Å². The maximum Gasteiger partial charge on any atom is 0.272 e. The SMILES string of the molecule is C=Cc1ccc(-c2csc(NC(=O)[C@H](COC)NC(=O)c3ccn(C4(C#N)CC4)n3)n2)cc1C=O. The van der Waals surface area contributed by atoms with Crippen LogP contribution >= 0.6 is 11.3 Å². The number of hydrogen-bond donors (Lipinski definition) is 2. The Morgan fingerprint density at radius 1 is 1.37 bits per heavy atom. The number of thiazole rings is 1. The van der Waals surface area contributed by atoms with Crippen molar-refractivity contribution in [2.45, 2.75) is 24.4 Å². The predicted octanol–water partition coefficient (Wildman–Crippen LogP) is 2.86. The molecule has 0 aliphatic heterocycles. The zero-order chi connectivity index (χ0) is 25.0. The molecule has 1 atom stereocenters. The van der Waals surface area contributed by atoms with Crippen molar-refractivity contribution in [3.63, 3.8) is 0 Å². The van der Waals surface area contributed by atoms with Crippen molar-refractivity contribution in [2.24, 2.45) is 0 Å². The summed E-state index contributed by atoms with van der Waals surface area (Å²) in [5.74, 6) is -1.06. The zero-order valence-corrected chi connectivity index (χ0v) is 19.7. The summed E-state index contributed by atoms with van der Waals surface area (Å²) >= 11 is 1.21. The van der Waals surface area contributed by atoms with Crippen LogP contribution in [0, 0.1) is 11.3 Å². The molecule has 178 valence electrons. The number of carbonyl (C=O) groups is 3. The summed E-state index contributed by atoms with van der Waals surface area (Å²) < 4.78 is 6.59. The van der Waals surface area contributed by atoms with E-state index < -0.39 is 23.4 Å². The minimum Gasteiger partial charge on any atom is -0.382 e. The predicted molar refractivity (Wildman–Crippen MR) is 130 cm³/mol. The highest BCUT2D eigenvalue weighted by Crippen LogP contribution is 2.42. The van der Waals surface area contributed by atoms with E-state index in [1.54, 1.807) is 29.8 Å². The highest BCUT2D eigenvalue weighted by molar-refractivity contribution is 7.14. The number of nitrogens with zero attached hydrogens (tertiary/aromatic N) is 4. The van der Waals surface area contributed by atoms with Crippen molar-refractivity contribution in [3.05, 3.63) is 59.2 Å². The first-order valence-electron chi connectivity index (χ1n) is 10.7. The lowest BCUT2D eigenvalue weighted by atomic mass is 10.0. The van der Waals surface area contributed by atoms with Crippen molar-refractivity contribution in [1.29, 1.82) is 5.26 Å². The molecule has 1 aromatic carbocycles. The number of nitriles is 1. The Labute approximate surface area is 205 Å². The summed E-state index contributed by atoms with van der Waals surface area (Å²) in [6.45, 7) is 3.63. The second kappa shape index (κ2) is 10.0. The Balaban J connectivity index is 1.44. The fourth-order valence-corrected chi connectivity index (χ4v) is 4.18. The van der Waals surface area contributed by atoms with E-state index in [-0.39, 0.29) is 12.3 Å². The number of carbonyl (C=O) groups excluding carboxylic acids is 3. The standard InChI is InChI=1S/C24H22N6O4S/c1-3-15-4-5-16(10-17(15)11-31)20-13-35-23(27-20)28-22(33)19(12-34-2)26-21(32)18-6-9-30(29-18)24(14-25)7-8-24/h3-6,9-11,13,19H,1,7-8,12H2,2H3,(H,26,32)(H,27,28,33)/t19-/m0/s1. The van der Waals surface area contributed by atoms with E-state index in [9.17, 15) is 19.6 Å². The van der Waals surface area contributed by atoms with E-state index in [2.05, 4.69) is 33.4 Å². The number of hydrogen-bond acceptors (Lipinski definition) is 8. The summed E-state index contributed by atoms with van der Waals surface area (Å²) in [5.41, 5.74) is 1.94. The van der Waals surface area contributed by atoms with Crippen molar-refractivity contribution in [2.75, 3.05) is 19.0 Å². The molecule has 35 heavy (non-hydrogen) atoms. The van der Waals surface area contributed by atoms with Gasteiger partial charge < -0.3 is 15.4 Å². The fraction of sp³-hybridized carbons (Fsp3) is 0.250. The van der Waals surface area contributed by atoms with Crippen molar-refractivity contribution in [3.8, 4) is 17.3 Å². The van der Waals surface area contributed by atoms with Crippen LogP contribution in [0.2, 0.25) is 0 Å². The van der Waals surface area contributed by atoms with Crippen LogP contribution < -0.4 is 10.6 Å². The molecule has 2 N–H and O–H groups in total. The lowest BCUT2D eigenvalue weighted by molar-refractivity contribution is -0.119. The number of rotatable bonds is 10. The van der Waals surface area contributed by atoms with Crippen LogP contribution in [0.25, 0.3) is 17.3 Å². The average Bonchev–Trinajstić information content (AvgIpc) is 3.27. The van der Waals surface area contributed by atoms with E-state index >= 15 is 0 Å². The molecule has 0 radical (unpaired) electrons. The van der Waals surface area contributed by atoms with Crippen LogP contribution in [-0.4, -0.2) is 52.6 Å². The summed E-state index contributed by atoms with van der Waals surface area (Å²) in [5, 5.41) is 20.9. The number of ether oxygens (including phenoxy) is 1. The molecular weight excluding hydrogens is 468 g/mol. The normalized spacial score (nSPS) is 14.4. The molecule has 1 saturated carbocycles. The molecule has 1 fully saturated rings. The van der Waals surface area contributed by atoms with Gasteiger partial charge in [-0.05, 0) is 30.5 Å². The first kappa shape index (κ1) is 24.0. The van der Waals surface area contributed by atoms with Gasteiger partial charge in [0, 0.05) is 29.8 Å². The molecule has 2 amide bonds. The third-order valence-electron chi connectivity index (χ3n) is 5.61. The molecule has 3 aromatic rings. The van der Waals surface area contributed by atoms with E-state index in [0.717, 1.165) is 17.4 Å². The monoisotopic (exact) mass is 490 g/mol. The molecule has 1 aliphatic carbocycles. The minimum atomic E-state index is -0.996. The van der Waals surface area contributed by atoms with Crippen LogP contribution in [0.15, 0.2) is 42.4 Å². The summed E-state index contributed by atoms with van der Waals surface area (Å²) in [7, 11) is 1.42. The minimum absolute atomic E-state index is 0.0651. The number of anilines is 1. The molecular formula is C24H22N6O4S. The molecule has 4 rings (SSSR count). The van der Waals surface area contributed by atoms with Gasteiger partial charge in [0.25, 0.3) is 11.8 Å². The molecule has 2 heterocycles. The highest BCUT2D eigenvalue weighted by Gasteiger charge is 2.46. The number of benzene rings is 1. The van der Waals surface area contributed by atoms with Gasteiger partial charge in [-0.2, -0.15) is 10.4 Å². The van der Waals surface area contributed by atoms with Crippen LogP contribution in [-0.2, 0) is 15.1 Å². The number of methoxy groups -OCH3 is 1. The number of amides is 2. The van der Waals surface area contributed by atoms with Gasteiger partial charge in [0.1, 0.15) is 17.3 Å². The zero-order valence-electron chi connectivity index (χ0n) is 18.9. The van der Waals surface area contributed by atoms with Crippen LogP contribution in [0.4, 0.5) is 5.13 Å².